The van der Waals surface area contributed by atoms with Crippen molar-refractivity contribution in [2.24, 2.45) is 0 Å². The molecule has 90 valence electrons. The van der Waals surface area contributed by atoms with Crippen molar-refractivity contribution in [1.82, 2.24) is 0 Å². The van der Waals surface area contributed by atoms with Gasteiger partial charge in [0.2, 0.25) is 0 Å². The monoisotopic (exact) mass is 224 g/mol. The number of benzene rings is 1. The van der Waals surface area contributed by atoms with Crippen LogP contribution in [-0.2, 0) is 0 Å². The maximum Gasteiger partial charge on any atom is 0.161 e. The van der Waals surface area contributed by atoms with E-state index < -0.39 is 6.10 Å². The molecule has 3 nitrogen and oxygen atoms in total. The molecule has 1 rings (SSSR count). The second-order valence-electron chi connectivity index (χ2n) is 3.86. The number of aliphatic hydroxyl groups is 1. The Labute approximate surface area is 97.0 Å². The molecule has 0 saturated carbocycles. The molecule has 1 aromatic carbocycles. The summed E-state index contributed by atoms with van der Waals surface area (Å²) in [5.41, 5.74) is 0. The Kier molecular flexibility index (Phi) is 5.12. The third-order valence-electron chi connectivity index (χ3n) is 2.30. The first kappa shape index (κ1) is 12.8. The van der Waals surface area contributed by atoms with E-state index in [4.69, 9.17) is 9.47 Å². The van der Waals surface area contributed by atoms with Crippen LogP contribution in [0.15, 0.2) is 24.3 Å². The molecule has 2 unspecified atom stereocenters. The van der Waals surface area contributed by atoms with Crippen LogP contribution in [0.5, 0.6) is 11.5 Å². The Bertz CT molecular complexity index is 310. The molecule has 0 aliphatic heterocycles. The molecule has 0 aliphatic carbocycles. The molecular weight excluding hydrogens is 204 g/mol. The van der Waals surface area contributed by atoms with Crippen molar-refractivity contribution in [3.63, 3.8) is 0 Å². The molecular formula is C13H20O3. The predicted molar refractivity (Wildman–Crippen MR) is 64.0 cm³/mol. The molecule has 0 amide bonds. The van der Waals surface area contributed by atoms with Crippen LogP contribution in [0.1, 0.15) is 27.2 Å². The van der Waals surface area contributed by atoms with Gasteiger partial charge in [0.05, 0.1) is 12.7 Å². The summed E-state index contributed by atoms with van der Waals surface area (Å²) in [6.45, 7) is 6.27. The second kappa shape index (κ2) is 6.38. The van der Waals surface area contributed by atoms with Crippen molar-refractivity contribution in [2.75, 3.05) is 6.61 Å². The number of rotatable bonds is 6. The van der Waals surface area contributed by atoms with Gasteiger partial charge in [-0.05, 0) is 32.4 Å². The average molecular weight is 224 g/mol. The molecule has 0 radical (unpaired) electrons. The Morgan fingerprint density at radius 3 is 2.38 bits per heavy atom. The van der Waals surface area contributed by atoms with Gasteiger partial charge in [0.1, 0.15) is 6.10 Å². The van der Waals surface area contributed by atoms with Crippen molar-refractivity contribution in [1.29, 1.82) is 0 Å². The molecule has 16 heavy (non-hydrogen) atoms. The van der Waals surface area contributed by atoms with E-state index >= 15 is 0 Å². The zero-order valence-electron chi connectivity index (χ0n) is 10.1. The number of aliphatic hydroxyl groups excluding tert-OH is 1. The van der Waals surface area contributed by atoms with E-state index in [1.165, 1.54) is 0 Å². The van der Waals surface area contributed by atoms with Gasteiger partial charge in [0.15, 0.2) is 11.5 Å². The minimum absolute atomic E-state index is 0.244. The van der Waals surface area contributed by atoms with Crippen LogP contribution in [0.4, 0.5) is 0 Å². The maximum absolute atomic E-state index is 9.38. The van der Waals surface area contributed by atoms with Crippen LogP contribution in [-0.4, -0.2) is 23.9 Å². The second-order valence-corrected chi connectivity index (χ2v) is 3.86. The lowest BCUT2D eigenvalue weighted by molar-refractivity contribution is 0.0581. The minimum atomic E-state index is -0.501. The zero-order chi connectivity index (χ0) is 12.0. The summed E-state index contributed by atoms with van der Waals surface area (Å²) in [6.07, 6.45) is 0.214. The minimum Gasteiger partial charge on any atom is -0.490 e. The standard InChI is InChI=1S/C13H20O3/c1-4-9-15-12-7-5-6-8-13(12)16-11(3)10(2)14/h5-8,10-11,14H,4,9H2,1-3H3. The van der Waals surface area contributed by atoms with Crippen molar-refractivity contribution in [3.8, 4) is 11.5 Å². The molecule has 2 atom stereocenters. The Hall–Kier alpha value is -1.22. The zero-order valence-corrected chi connectivity index (χ0v) is 10.1. The Morgan fingerprint density at radius 2 is 1.81 bits per heavy atom. The highest BCUT2D eigenvalue weighted by Gasteiger charge is 2.13. The fourth-order valence-corrected chi connectivity index (χ4v) is 1.18. The van der Waals surface area contributed by atoms with Crippen LogP contribution in [0.25, 0.3) is 0 Å². The van der Waals surface area contributed by atoms with Gasteiger partial charge < -0.3 is 14.6 Å². The van der Waals surface area contributed by atoms with Crippen LogP contribution in [0, 0.1) is 0 Å². The van der Waals surface area contributed by atoms with E-state index in [9.17, 15) is 5.11 Å². The van der Waals surface area contributed by atoms with Crippen LogP contribution < -0.4 is 9.47 Å². The molecule has 0 aliphatic rings. The maximum atomic E-state index is 9.38. The lowest BCUT2D eigenvalue weighted by Crippen LogP contribution is -2.25. The van der Waals surface area contributed by atoms with Crippen molar-refractivity contribution in [3.05, 3.63) is 24.3 Å². The normalized spacial score (nSPS) is 14.2. The molecule has 1 aromatic rings. The number of para-hydroxylation sites is 2. The molecule has 0 spiro atoms. The van der Waals surface area contributed by atoms with Crippen LogP contribution >= 0.6 is 0 Å². The first-order chi connectivity index (χ1) is 7.65. The van der Waals surface area contributed by atoms with E-state index in [1.54, 1.807) is 6.92 Å². The van der Waals surface area contributed by atoms with E-state index in [0.717, 1.165) is 12.2 Å². The SMILES string of the molecule is CCCOc1ccccc1OC(C)C(C)O. The summed E-state index contributed by atoms with van der Waals surface area (Å²) in [5.74, 6) is 1.42. The summed E-state index contributed by atoms with van der Waals surface area (Å²) in [4.78, 5) is 0. The fraction of sp³-hybridized carbons (Fsp3) is 0.538. The molecule has 0 heterocycles. The molecule has 0 aromatic heterocycles. The van der Waals surface area contributed by atoms with Gasteiger partial charge in [-0.3, -0.25) is 0 Å². The first-order valence-corrected chi connectivity index (χ1v) is 5.71. The Balaban J connectivity index is 2.70. The number of hydrogen-bond donors (Lipinski definition) is 1. The highest BCUT2D eigenvalue weighted by Crippen LogP contribution is 2.27. The number of ether oxygens (including phenoxy) is 2. The van der Waals surface area contributed by atoms with E-state index in [0.29, 0.717) is 12.4 Å². The summed E-state index contributed by atoms with van der Waals surface area (Å²) < 4.78 is 11.2. The van der Waals surface area contributed by atoms with Crippen molar-refractivity contribution in [2.45, 2.75) is 39.4 Å². The van der Waals surface area contributed by atoms with E-state index in [1.807, 2.05) is 31.2 Å². The Morgan fingerprint density at radius 1 is 1.19 bits per heavy atom. The van der Waals surface area contributed by atoms with Crippen molar-refractivity contribution >= 4 is 0 Å². The molecule has 0 saturated heterocycles. The lowest BCUT2D eigenvalue weighted by Gasteiger charge is -2.19. The molecule has 0 bridgehead atoms. The third kappa shape index (κ3) is 3.74. The summed E-state index contributed by atoms with van der Waals surface area (Å²) in [6, 6.07) is 7.53. The molecule has 1 N–H and O–H groups in total. The smallest absolute Gasteiger partial charge is 0.161 e. The highest BCUT2D eigenvalue weighted by atomic mass is 16.5. The lowest BCUT2D eigenvalue weighted by atomic mass is 10.2. The summed E-state index contributed by atoms with van der Waals surface area (Å²) in [7, 11) is 0. The average Bonchev–Trinajstić information content (AvgIpc) is 2.27. The number of hydrogen-bond acceptors (Lipinski definition) is 3. The quantitative estimate of drug-likeness (QED) is 0.807. The van der Waals surface area contributed by atoms with Gasteiger partial charge in [-0.1, -0.05) is 19.1 Å². The highest BCUT2D eigenvalue weighted by molar-refractivity contribution is 5.39. The first-order valence-electron chi connectivity index (χ1n) is 5.71. The van der Waals surface area contributed by atoms with Gasteiger partial charge in [0, 0.05) is 0 Å². The molecule has 3 heteroatoms. The topological polar surface area (TPSA) is 38.7 Å². The van der Waals surface area contributed by atoms with Gasteiger partial charge in [-0.15, -0.1) is 0 Å². The van der Waals surface area contributed by atoms with E-state index in [2.05, 4.69) is 6.92 Å². The summed E-state index contributed by atoms with van der Waals surface area (Å²) in [5, 5.41) is 9.38. The molecule has 0 fully saturated rings. The fourth-order valence-electron chi connectivity index (χ4n) is 1.18. The largest absolute Gasteiger partial charge is 0.490 e. The van der Waals surface area contributed by atoms with Gasteiger partial charge >= 0.3 is 0 Å². The van der Waals surface area contributed by atoms with Gasteiger partial charge in [-0.25, -0.2) is 0 Å². The van der Waals surface area contributed by atoms with Crippen LogP contribution in [0.2, 0.25) is 0 Å². The summed E-state index contributed by atoms with van der Waals surface area (Å²) >= 11 is 0. The van der Waals surface area contributed by atoms with Crippen LogP contribution in [0.3, 0.4) is 0 Å². The third-order valence-corrected chi connectivity index (χ3v) is 2.30. The van der Waals surface area contributed by atoms with Crippen molar-refractivity contribution < 1.29 is 14.6 Å². The van der Waals surface area contributed by atoms with E-state index in [-0.39, 0.29) is 6.10 Å². The van der Waals surface area contributed by atoms with Gasteiger partial charge in [-0.2, -0.15) is 0 Å². The van der Waals surface area contributed by atoms with Gasteiger partial charge in [0.25, 0.3) is 0 Å². The predicted octanol–water partition coefficient (Wildman–Crippen LogP) is 2.62.